The summed E-state index contributed by atoms with van der Waals surface area (Å²) >= 11 is 0. The zero-order valence-electron chi connectivity index (χ0n) is 13.6. The van der Waals surface area contributed by atoms with Crippen LogP contribution >= 0.6 is 0 Å². The van der Waals surface area contributed by atoms with E-state index >= 15 is 0 Å². The maximum atomic E-state index is 5.95. The molecule has 0 saturated carbocycles. The lowest BCUT2D eigenvalue weighted by atomic mass is 10.2. The number of benzene rings is 1. The molecule has 1 N–H and O–H groups in total. The van der Waals surface area contributed by atoms with Gasteiger partial charge in [-0.2, -0.15) is 0 Å². The number of fused-ring (bicyclic) bond motifs is 1. The minimum atomic E-state index is 0.0175. The van der Waals surface area contributed by atoms with Gasteiger partial charge in [-0.1, -0.05) is 12.1 Å². The minimum Gasteiger partial charge on any atom is -0.486 e. The Bertz CT molecular complexity index is 842. The fourth-order valence-corrected chi connectivity index (χ4v) is 2.67. The Morgan fingerprint density at radius 1 is 1.04 bits per heavy atom. The Morgan fingerprint density at radius 2 is 1.96 bits per heavy atom. The fraction of sp³-hybridized carbons (Fsp3) is 0.211. The molecule has 3 aromatic rings. The van der Waals surface area contributed by atoms with Gasteiger partial charge in [-0.25, -0.2) is 9.97 Å². The van der Waals surface area contributed by atoms with Gasteiger partial charge in [0.2, 0.25) is 5.95 Å². The van der Waals surface area contributed by atoms with Gasteiger partial charge < -0.3 is 14.8 Å². The van der Waals surface area contributed by atoms with Gasteiger partial charge in [0.15, 0.2) is 11.5 Å². The number of nitrogens with one attached hydrogen (secondary N) is 1. The summed E-state index contributed by atoms with van der Waals surface area (Å²) in [5.74, 6) is 2.20. The van der Waals surface area contributed by atoms with Gasteiger partial charge >= 0.3 is 0 Å². The Labute approximate surface area is 145 Å². The van der Waals surface area contributed by atoms with Crippen molar-refractivity contribution in [2.75, 3.05) is 18.5 Å². The Hall–Kier alpha value is -3.15. The van der Waals surface area contributed by atoms with Crippen LogP contribution in [0.5, 0.6) is 11.5 Å². The molecule has 1 aliphatic rings. The molecule has 0 fully saturated rings. The summed E-state index contributed by atoms with van der Waals surface area (Å²) in [6, 6.07) is 13.5. The number of hydrogen-bond donors (Lipinski definition) is 1. The van der Waals surface area contributed by atoms with E-state index in [4.69, 9.17) is 9.47 Å². The molecular formula is C19H18N4O2. The van der Waals surface area contributed by atoms with Crippen LogP contribution < -0.4 is 14.8 Å². The van der Waals surface area contributed by atoms with Crippen LogP contribution in [0.2, 0.25) is 0 Å². The van der Waals surface area contributed by atoms with Crippen LogP contribution in [-0.2, 0) is 0 Å². The second kappa shape index (κ2) is 7.17. The number of para-hydroxylation sites is 2. The molecule has 6 heteroatoms. The van der Waals surface area contributed by atoms with Crippen LogP contribution in [-0.4, -0.2) is 34.2 Å². The van der Waals surface area contributed by atoms with Crippen molar-refractivity contribution in [1.82, 2.24) is 15.0 Å². The molecule has 1 atom stereocenters. The molecule has 126 valence electrons. The van der Waals surface area contributed by atoms with Crippen molar-refractivity contribution in [2.24, 2.45) is 0 Å². The van der Waals surface area contributed by atoms with Crippen molar-refractivity contribution in [3.63, 3.8) is 0 Å². The number of rotatable bonds is 5. The minimum absolute atomic E-state index is 0.0175. The lowest BCUT2D eigenvalue weighted by molar-refractivity contribution is 0.0873. The van der Waals surface area contributed by atoms with Gasteiger partial charge in [0.25, 0.3) is 0 Å². The number of anilines is 1. The number of nitrogens with zero attached hydrogens (tertiary/aromatic N) is 3. The van der Waals surface area contributed by atoms with Crippen LogP contribution in [0, 0.1) is 0 Å². The van der Waals surface area contributed by atoms with E-state index in [1.165, 1.54) is 0 Å². The summed E-state index contributed by atoms with van der Waals surface area (Å²) in [6.45, 7) is 1.25. The molecule has 6 nitrogen and oxygen atoms in total. The van der Waals surface area contributed by atoms with Gasteiger partial charge in [-0.05, 0) is 30.3 Å². The van der Waals surface area contributed by atoms with Crippen molar-refractivity contribution in [3.05, 3.63) is 61.1 Å². The molecule has 1 aliphatic heterocycles. The van der Waals surface area contributed by atoms with E-state index in [1.807, 2.05) is 42.5 Å². The van der Waals surface area contributed by atoms with E-state index in [-0.39, 0.29) is 6.10 Å². The number of ether oxygens (including phenoxy) is 2. The molecule has 0 amide bonds. The van der Waals surface area contributed by atoms with Gasteiger partial charge in [-0.3, -0.25) is 4.98 Å². The average molecular weight is 334 g/mol. The molecule has 2 aromatic heterocycles. The smallest absolute Gasteiger partial charge is 0.223 e. The molecule has 0 spiro atoms. The van der Waals surface area contributed by atoms with Crippen LogP contribution in [0.4, 0.5) is 5.95 Å². The average Bonchev–Trinajstić information content (AvgIpc) is 2.69. The standard InChI is InChI=1S/C19H18N4O2/c1-2-6-18-17(5-1)24-13-15(25-18)7-10-21-19-22-11-8-16(23-19)14-4-3-9-20-12-14/h1-6,8-9,11-12,15H,7,10,13H2,(H,21,22,23)/t15-/m0/s1. The number of aromatic nitrogens is 3. The van der Waals surface area contributed by atoms with Crippen molar-refractivity contribution >= 4 is 5.95 Å². The molecule has 25 heavy (non-hydrogen) atoms. The fourth-order valence-electron chi connectivity index (χ4n) is 2.67. The third-order valence-electron chi connectivity index (χ3n) is 3.93. The van der Waals surface area contributed by atoms with Crippen LogP contribution in [0.3, 0.4) is 0 Å². The van der Waals surface area contributed by atoms with Crippen LogP contribution in [0.1, 0.15) is 6.42 Å². The van der Waals surface area contributed by atoms with E-state index in [1.54, 1.807) is 18.6 Å². The molecule has 1 aromatic carbocycles. The molecule has 0 unspecified atom stereocenters. The topological polar surface area (TPSA) is 69.2 Å². The van der Waals surface area contributed by atoms with E-state index in [2.05, 4.69) is 20.3 Å². The van der Waals surface area contributed by atoms with Crippen molar-refractivity contribution in [2.45, 2.75) is 12.5 Å². The first kappa shape index (κ1) is 15.4. The zero-order valence-corrected chi connectivity index (χ0v) is 13.6. The highest BCUT2D eigenvalue weighted by Crippen LogP contribution is 2.31. The molecular weight excluding hydrogens is 316 g/mol. The van der Waals surface area contributed by atoms with Crippen molar-refractivity contribution < 1.29 is 9.47 Å². The zero-order chi connectivity index (χ0) is 16.9. The first-order chi connectivity index (χ1) is 12.4. The summed E-state index contributed by atoms with van der Waals surface area (Å²) in [6.07, 6.45) is 6.09. The van der Waals surface area contributed by atoms with E-state index in [9.17, 15) is 0 Å². The summed E-state index contributed by atoms with van der Waals surface area (Å²) in [7, 11) is 0. The first-order valence-corrected chi connectivity index (χ1v) is 8.24. The summed E-state index contributed by atoms with van der Waals surface area (Å²) in [4.78, 5) is 12.9. The predicted molar refractivity (Wildman–Crippen MR) is 94.7 cm³/mol. The van der Waals surface area contributed by atoms with Crippen LogP contribution in [0.15, 0.2) is 61.1 Å². The second-order valence-electron chi connectivity index (χ2n) is 5.72. The highest BCUT2D eigenvalue weighted by molar-refractivity contribution is 5.58. The van der Waals surface area contributed by atoms with E-state index in [0.717, 1.165) is 29.2 Å². The molecule has 3 heterocycles. The monoisotopic (exact) mass is 334 g/mol. The Morgan fingerprint density at radius 3 is 2.84 bits per heavy atom. The number of pyridine rings is 1. The number of hydrogen-bond acceptors (Lipinski definition) is 6. The van der Waals surface area contributed by atoms with Gasteiger partial charge in [-0.15, -0.1) is 0 Å². The normalized spacial score (nSPS) is 15.6. The maximum absolute atomic E-state index is 5.95. The van der Waals surface area contributed by atoms with E-state index in [0.29, 0.717) is 19.1 Å². The highest BCUT2D eigenvalue weighted by Gasteiger charge is 2.20. The predicted octanol–water partition coefficient (Wildman–Crippen LogP) is 3.18. The SMILES string of the molecule is c1cncc(-c2ccnc(NCC[C@H]3COc4ccccc4O3)n2)c1. The van der Waals surface area contributed by atoms with Gasteiger partial charge in [0.1, 0.15) is 12.7 Å². The third-order valence-corrected chi connectivity index (χ3v) is 3.93. The summed E-state index contributed by atoms with van der Waals surface area (Å²) in [5.41, 5.74) is 1.81. The van der Waals surface area contributed by atoms with Crippen molar-refractivity contribution in [1.29, 1.82) is 0 Å². The Balaban J connectivity index is 1.34. The van der Waals surface area contributed by atoms with Crippen LogP contribution in [0.25, 0.3) is 11.3 Å². The molecule has 0 radical (unpaired) electrons. The lowest BCUT2D eigenvalue weighted by Crippen LogP contribution is -2.31. The highest BCUT2D eigenvalue weighted by atomic mass is 16.6. The quantitative estimate of drug-likeness (QED) is 0.773. The van der Waals surface area contributed by atoms with Gasteiger partial charge in [0, 0.05) is 37.1 Å². The largest absolute Gasteiger partial charge is 0.486 e. The lowest BCUT2D eigenvalue weighted by Gasteiger charge is -2.26. The van der Waals surface area contributed by atoms with Crippen molar-refractivity contribution in [3.8, 4) is 22.8 Å². The Kier molecular flexibility index (Phi) is 4.41. The van der Waals surface area contributed by atoms with E-state index < -0.39 is 0 Å². The summed E-state index contributed by atoms with van der Waals surface area (Å²) < 4.78 is 11.7. The summed E-state index contributed by atoms with van der Waals surface area (Å²) in [5, 5.41) is 3.25. The first-order valence-electron chi connectivity index (χ1n) is 8.24. The molecule has 0 aliphatic carbocycles. The maximum Gasteiger partial charge on any atom is 0.223 e. The van der Waals surface area contributed by atoms with Gasteiger partial charge in [0.05, 0.1) is 5.69 Å². The molecule has 0 saturated heterocycles. The third kappa shape index (κ3) is 3.68. The second-order valence-corrected chi connectivity index (χ2v) is 5.72. The molecule has 4 rings (SSSR count). The molecule has 0 bridgehead atoms.